The molecule has 0 aliphatic heterocycles. The summed E-state index contributed by atoms with van der Waals surface area (Å²) in [5.74, 6) is 0.909. The van der Waals surface area contributed by atoms with Gasteiger partial charge in [0.1, 0.15) is 0 Å². The van der Waals surface area contributed by atoms with Gasteiger partial charge in [-0.25, -0.2) is 0 Å². The second-order valence-electron chi connectivity index (χ2n) is 4.61. The molecular formula is C17H20OSi. The van der Waals surface area contributed by atoms with E-state index in [1.807, 2.05) is 12.1 Å². The largest absolute Gasteiger partial charge is 0.541 e. The zero-order valence-electron chi connectivity index (χ0n) is 11.4. The number of allylic oxidation sites excluding steroid dienone is 1. The van der Waals surface area contributed by atoms with Gasteiger partial charge in [-0.15, -0.1) is 0 Å². The lowest BCUT2D eigenvalue weighted by Crippen LogP contribution is -2.44. The molecule has 0 aromatic heterocycles. The Kier molecular flexibility index (Phi) is 4.98. The Morgan fingerprint density at radius 2 is 1.42 bits per heavy atom. The molecule has 0 heterocycles. The SMILES string of the molecule is C=C(CCC)O[SiH](c1ccccc1)c1ccccc1. The van der Waals surface area contributed by atoms with Crippen LogP contribution < -0.4 is 10.4 Å². The molecule has 0 spiro atoms. The predicted octanol–water partition coefficient (Wildman–Crippen LogP) is 2.86. The Hall–Kier alpha value is -1.80. The van der Waals surface area contributed by atoms with Crippen LogP contribution in [0.25, 0.3) is 0 Å². The molecule has 0 amide bonds. The van der Waals surface area contributed by atoms with E-state index in [9.17, 15) is 0 Å². The lowest BCUT2D eigenvalue weighted by molar-refractivity contribution is 0.425. The first-order chi connectivity index (χ1) is 9.31. The lowest BCUT2D eigenvalue weighted by atomic mass is 10.3. The fourth-order valence-electron chi connectivity index (χ4n) is 2.09. The van der Waals surface area contributed by atoms with E-state index in [0.29, 0.717) is 0 Å². The molecule has 2 aromatic carbocycles. The Morgan fingerprint density at radius 3 is 1.84 bits per heavy atom. The van der Waals surface area contributed by atoms with E-state index in [1.54, 1.807) is 0 Å². The predicted molar refractivity (Wildman–Crippen MR) is 84.4 cm³/mol. The summed E-state index contributed by atoms with van der Waals surface area (Å²) in [7, 11) is -1.64. The van der Waals surface area contributed by atoms with Crippen LogP contribution in [0.3, 0.4) is 0 Å². The summed E-state index contributed by atoms with van der Waals surface area (Å²) in [6.45, 7) is 6.20. The molecule has 1 nitrogen and oxygen atoms in total. The molecule has 0 saturated heterocycles. The molecule has 0 aliphatic carbocycles. The molecule has 0 atom stereocenters. The van der Waals surface area contributed by atoms with Gasteiger partial charge in [0.05, 0.1) is 5.76 Å². The summed E-state index contributed by atoms with van der Waals surface area (Å²) in [6, 6.07) is 21.0. The van der Waals surface area contributed by atoms with Crippen molar-refractivity contribution in [1.82, 2.24) is 0 Å². The molecule has 2 rings (SSSR count). The third-order valence-electron chi connectivity index (χ3n) is 3.02. The average molecular weight is 268 g/mol. The van der Waals surface area contributed by atoms with Crippen LogP contribution in [0.5, 0.6) is 0 Å². The summed E-state index contributed by atoms with van der Waals surface area (Å²) >= 11 is 0. The normalized spacial score (nSPS) is 10.4. The van der Waals surface area contributed by atoms with E-state index in [0.717, 1.165) is 18.6 Å². The van der Waals surface area contributed by atoms with E-state index in [2.05, 4.69) is 62.0 Å². The van der Waals surface area contributed by atoms with E-state index in [-0.39, 0.29) is 0 Å². The van der Waals surface area contributed by atoms with E-state index >= 15 is 0 Å². The summed E-state index contributed by atoms with van der Waals surface area (Å²) in [6.07, 6.45) is 2.01. The summed E-state index contributed by atoms with van der Waals surface area (Å²) in [4.78, 5) is 0. The molecular weight excluding hydrogens is 248 g/mol. The number of hydrogen-bond donors (Lipinski definition) is 0. The molecule has 0 unspecified atom stereocenters. The van der Waals surface area contributed by atoms with Gasteiger partial charge in [0, 0.05) is 6.42 Å². The first kappa shape index (κ1) is 13.6. The Balaban J connectivity index is 2.26. The van der Waals surface area contributed by atoms with Gasteiger partial charge in [-0.2, -0.15) is 0 Å². The molecule has 2 aromatic rings. The van der Waals surface area contributed by atoms with E-state index in [4.69, 9.17) is 4.43 Å². The first-order valence-corrected chi connectivity index (χ1v) is 8.38. The topological polar surface area (TPSA) is 9.23 Å². The summed E-state index contributed by atoms with van der Waals surface area (Å²) in [5, 5.41) is 2.59. The van der Waals surface area contributed by atoms with Crippen LogP contribution in [0.15, 0.2) is 73.0 Å². The zero-order chi connectivity index (χ0) is 13.5. The van der Waals surface area contributed by atoms with Crippen molar-refractivity contribution in [2.75, 3.05) is 0 Å². The first-order valence-electron chi connectivity index (χ1n) is 6.75. The molecule has 0 aliphatic rings. The van der Waals surface area contributed by atoms with Crippen LogP contribution in [0.2, 0.25) is 0 Å². The average Bonchev–Trinajstić information content (AvgIpc) is 2.47. The molecule has 2 heteroatoms. The maximum absolute atomic E-state index is 6.21. The monoisotopic (exact) mass is 268 g/mol. The molecule has 0 fully saturated rings. The van der Waals surface area contributed by atoms with Crippen LogP contribution in [0.4, 0.5) is 0 Å². The van der Waals surface area contributed by atoms with Gasteiger partial charge in [-0.3, -0.25) is 0 Å². The third kappa shape index (κ3) is 3.83. The highest BCUT2D eigenvalue weighted by Crippen LogP contribution is 2.06. The van der Waals surface area contributed by atoms with Crippen molar-refractivity contribution in [2.45, 2.75) is 19.8 Å². The van der Waals surface area contributed by atoms with Crippen LogP contribution >= 0.6 is 0 Å². The van der Waals surface area contributed by atoms with Crippen molar-refractivity contribution >= 4 is 19.4 Å². The quantitative estimate of drug-likeness (QED) is 0.578. The minimum absolute atomic E-state index is 0.909. The van der Waals surface area contributed by atoms with Crippen LogP contribution in [-0.2, 0) is 4.43 Å². The number of hydrogen-bond acceptors (Lipinski definition) is 1. The fourth-order valence-corrected chi connectivity index (χ4v) is 4.34. The number of benzene rings is 2. The van der Waals surface area contributed by atoms with Gasteiger partial charge in [0.25, 0.3) is 9.04 Å². The van der Waals surface area contributed by atoms with Gasteiger partial charge in [-0.05, 0) is 16.8 Å². The molecule has 0 bridgehead atoms. The number of rotatable bonds is 6. The Labute approximate surface area is 117 Å². The van der Waals surface area contributed by atoms with E-state index < -0.39 is 9.04 Å². The van der Waals surface area contributed by atoms with Crippen molar-refractivity contribution in [3.63, 3.8) is 0 Å². The summed E-state index contributed by atoms with van der Waals surface area (Å²) < 4.78 is 6.21. The van der Waals surface area contributed by atoms with Crippen molar-refractivity contribution in [3.05, 3.63) is 73.0 Å². The third-order valence-corrected chi connectivity index (χ3v) is 5.57. The Morgan fingerprint density at radius 1 is 0.947 bits per heavy atom. The smallest absolute Gasteiger partial charge is 0.298 e. The van der Waals surface area contributed by atoms with Crippen molar-refractivity contribution < 1.29 is 4.43 Å². The van der Waals surface area contributed by atoms with Crippen molar-refractivity contribution in [1.29, 1.82) is 0 Å². The van der Waals surface area contributed by atoms with Gasteiger partial charge < -0.3 is 4.43 Å². The highest BCUT2D eigenvalue weighted by molar-refractivity contribution is 6.80. The minimum atomic E-state index is -1.64. The van der Waals surface area contributed by atoms with E-state index in [1.165, 1.54) is 10.4 Å². The highest BCUT2D eigenvalue weighted by Gasteiger charge is 2.19. The highest BCUT2D eigenvalue weighted by atomic mass is 28.3. The standard InChI is InChI=1S/C17H20OSi/c1-3-10-15(2)18-19(16-11-6-4-7-12-16)17-13-8-5-9-14-17/h4-9,11-14,19H,2-3,10H2,1H3. The van der Waals surface area contributed by atoms with Crippen LogP contribution in [0.1, 0.15) is 19.8 Å². The molecule has 98 valence electrons. The molecule has 19 heavy (non-hydrogen) atoms. The fraction of sp³-hybridized carbons (Fsp3) is 0.176. The van der Waals surface area contributed by atoms with Gasteiger partial charge in [0.15, 0.2) is 0 Å². The molecule has 0 saturated carbocycles. The summed E-state index contributed by atoms with van der Waals surface area (Å²) in [5.41, 5.74) is 0. The maximum atomic E-state index is 6.21. The second-order valence-corrected chi connectivity index (χ2v) is 6.94. The van der Waals surface area contributed by atoms with Crippen LogP contribution in [-0.4, -0.2) is 9.04 Å². The molecule has 0 radical (unpaired) electrons. The van der Waals surface area contributed by atoms with Gasteiger partial charge in [0.2, 0.25) is 0 Å². The van der Waals surface area contributed by atoms with Crippen LogP contribution in [0, 0.1) is 0 Å². The van der Waals surface area contributed by atoms with Gasteiger partial charge in [-0.1, -0.05) is 74.2 Å². The van der Waals surface area contributed by atoms with Crippen molar-refractivity contribution in [2.24, 2.45) is 0 Å². The second kappa shape index (κ2) is 6.95. The maximum Gasteiger partial charge on any atom is 0.298 e. The zero-order valence-corrected chi connectivity index (χ0v) is 12.5. The molecule has 0 N–H and O–H groups in total. The minimum Gasteiger partial charge on any atom is -0.541 e. The van der Waals surface area contributed by atoms with Crippen molar-refractivity contribution in [3.8, 4) is 0 Å². The van der Waals surface area contributed by atoms with Gasteiger partial charge >= 0.3 is 0 Å². The Bertz CT molecular complexity index is 468. The lowest BCUT2D eigenvalue weighted by Gasteiger charge is -2.20.